The Balaban J connectivity index is 1.68. The topological polar surface area (TPSA) is 120 Å². The summed E-state index contributed by atoms with van der Waals surface area (Å²) < 4.78 is 38.3. The second kappa shape index (κ2) is 8.40. The van der Waals surface area contributed by atoms with E-state index >= 15 is 0 Å². The predicted octanol–water partition coefficient (Wildman–Crippen LogP) is 2.87. The second-order valence-corrected chi connectivity index (χ2v) is 9.83. The number of hydrogen-bond donors (Lipinski definition) is 1. The molecule has 0 atom stereocenters. The number of carbonyl (C=O) groups is 1. The van der Waals surface area contributed by atoms with Gasteiger partial charge in [0.05, 0.1) is 10.5 Å². The van der Waals surface area contributed by atoms with Crippen LogP contribution in [-0.4, -0.2) is 31.7 Å². The van der Waals surface area contributed by atoms with E-state index in [9.17, 15) is 18.0 Å². The van der Waals surface area contributed by atoms with Crippen LogP contribution in [0.25, 0.3) is 11.0 Å². The third-order valence-electron chi connectivity index (χ3n) is 5.82. The molecule has 1 aliphatic heterocycles. The fourth-order valence-corrected chi connectivity index (χ4v) is 5.41. The lowest BCUT2D eigenvalue weighted by atomic mass is 10.0. The van der Waals surface area contributed by atoms with Crippen molar-refractivity contribution in [2.24, 2.45) is 5.73 Å². The summed E-state index contributed by atoms with van der Waals surface area (Å²) in [4.78, 5) is 24.1. The van der Waals surface area contributed by atoms with Crippen molar-refractivity contribution in [2.75, 3.05) is 13.1 Å². The summed E-state index contributed by atoms with van der Waals surface area (Å²) in [7, 11) is -3.71. The maximum absolute atomic E-state index is 12.8. The maximum Gasteiger partial charge on any atom is 0.336 e. The van der Waals surface area contributed by atoms with Gasteiger partial charge in [0, 0.05) is 30.1 Å². The van der Waals surface area contributed by atoms with Crippen molar-refractivity contribution in [3.8, 4) is 5.75 Å². The molecule has 3 aromatic rings. The van der Waals surface area contributed by atoms with Gasteiger partial charge in [-0.3, -0.25) is 4.79 Å². The van der Waals surface area contributed by atoms with E-state index in [1.165, 1.54) is 28.6 Å². The summed E-state index contributed by atoms with van der Waals surface area (Å²) in [6.45, 7) is 4.68. The van der Waals surface area contributed by atoms with Crippen LogP contribution >= 0.6 is 0 Å². The number of ether oxygens (including phenoxy) is 1. The molecule has 0 saturated carbocycles. The van der Waals surface area contributed by atoms with E-state index in [1.807, 2.05) is 26.0 Å². The predicted molar refractivity (Wildman–Crippen MR) is 119 cm³/mol. The number of benzene rings is 2. The molecule has 0 bridgehead atoms. The standard InChI is InChI=1S/C23H24N2O6S/c1-14-5-7-18-16(11-21(26)31-22(18)15(14)2)13-30-20-8-6-17(12-19(20)23(24)27)32(28,29)25-9-3-4-10-25/h5-8,11-12H,3-4,9-10,13H2,1-2H3,(H2,24,27). The molecule has 4 rings (SSSR count). The number of nitrogens with two attached hydrogens (primary N) is 1. The molecule has 0 unspecified atom stereocenters. The quantitative estimate of drug-likeness (QED) is 0.570. The van der Waals surface area contributed by atoms with Gasteiger partial charge in [0.15, 0.2) is 0 Å². The number of sulfonamides is 1. The Morgan fingerprint density at radius 1 is 1.12 bits per heavy atom. The third-order valence-corrected chi connectivity index (χ3v) is 7.71. The number of amides is 1. The first kappa shape index (κ1) is 22.0. The number of rotatable bonds is 6. The highest BCUT2D eigenvalue weighted by Gasteiger charge is 2.28. The van der Waals surface area contributed by atoms with Crippen molar-refractivity contribution in [3.05, 3.63) is 69.1 Å². The minimum absolute atomic E-state index is 0.00236. The van der Waals surface area contributed by atoms with Crippen molar-refractivity contribution in [1.29, 1.82) is 0 Å². The van der Waals surface area contributed by atoms with Crippen LogP contribution in [0.1, 0.15) is 39.9 Å². The molecule has 1 aromatic heterocycles. The maximum atomic E-state index is 12.8. The van der Waals surface area contributed by atoms with Crippen LogP contribution < -0.4 is 16.1 Å². The monoisotopic (exact) mass is 456 g/mol. The summed E-state index contributed by atoms with van der Waals surface area (Å²) in [5.41, 5.74) is 7.88. The van der Waals surface area contributed by atoms with E-state index in [2.05, 4.69) is 0 Å². The van der Waals surface area contributed by atoms with Gasteiger partial charge in [-0.15, -0.1) is 0 Å². The van der Waals surface area contributed by atoms with E-state index in [-0.39, 0.29) is 22.8 Å². The number of fused-ring (bicyclic) bond motifs is 1. The normalized spacial score (nSPS) is 14.7. The van der Waals surface area contributed by atoms with Crippen LogP contribution in [0.3, 0.4) is 0 Å². The molecular formula is C23H24N2O6S. The molecular weight excluding hydrogens is 432 g/mol. The summed E-state index contributed by atoms with van der Waals surface area (Å²) in [5, 5.41) is 0.724. The van der Waals surface area contributed by atoms with Gasteiger partial charge in [0.2, 0.25) is 10.0 Å². The lowest BCUT2D eigenvalue weighted by molar-refractivity contribution is 0.0995. The van der Waals surface area contributed by atoms with E-state index in [0.717, 1.165) is 29.4 Å². The Kier molecular flexibility index (Phi) is 5.79. The van der Waals surface area contributed by atoms with Gasteiger partial charge in [-0.2, -0.15) is 4.31 Å². The SMILES string of the molecule is Cc1ccc2c(COc3ccc(S(=O)(=O)N4CCCC4)cc3C(N)=O)cc(=O)oc2c1C. The van der Waals surface area contributed by atoms with Gasteiger partial charge < -0.3 is 14.9 Å². The minimum atomic E-state index is -3.71. The van der Waals surface area contributed by atoms with E-state index in [4.69, 9.17) is 14.9 Å². The first-order valence-corrected chi connectivity index (χ1v) is 11.7. The van der Waals surface area contributed by atoms with Crippen LogP contribution in [0.5, 0.6) is 5.75 Å². The van der Waals surface area contributed by atoms with Crippen molar-refractivity contribution >= 4 is 26.9 Å². The Hall–Kier alpha value is -3.17. The minimum Gasteiger partial charge on any atom is -0.488 e. The Labute approximate surface area is 185 Å². The van der Waals surface area contributed by atoms with Crippen molar-refractivity contribution < 1.29 is 22.4 Å². The Bertz CT molecular complexity index is 1370. The molecule has 2 N–H and O–H groups in total. The molecule has 0 radical (unpaired) electrons. The molecule has 1 amide bonds. The van der Waals surface area contributed by atoms with E-state index in [1.54, 1.807) is 0 Å². The molecule has 0 spiro atoms. The highest BCUT2D eigenvalue weighted by Crippen LogP contribution is 2.28. The zero-order valence-electron chi connectivity index (χ0n) is 17.9. The molecule has 2 heterocycles. The molecule has 1 aliphatic rings. The lowest BCUT2D eigenvalue weighted by Gasteiger charge is -2.17. The summed E-state index contributed by atoms with van der Waals surface area (Å²) in [6, 6.07) is 9.18. The number of carbonyl (C=O) groups excluding carboxylic acids is 1. The number of aryl methyl sites for hydroxylation is 2. The van der Waals surface area contributed by atoms with Crippen molar-refractivity contribution in [2.45, 2.75) is 38.2 Å². The van der Waals surface area contributed by atoms with Gasteiger partial charge in [0.25, 0.3) is 5.91 Å². The van der Waals surface area contributed by atoms with E-state index < -0.39 is 21.6 Å². The van der Waals surface area contributed by atoms with Crippen molar-refractivity contribution in [3.63, 3.8) is 0 Å². The van der Waals surface area contributed by atoms with E-state index in [0.29, 0.717) is 24.2 Å². The van der Waals surface area contributed by atoms with Crippen LogP contribution in [0, 0.1) is 13.8 Å². The Morgan fingerprint density at radius 2 is 1.84 bits per heavy atom. The fourth-order valence-electron chi connectivity index (χ4n) is 3.86. The highest BCUT2D eigenvalue weighted by molar-refractivity contribution is 7.89. The van der Waals surface area contributed by atoms with Gasteiger partial charge in [0.1, 0.15) is 17.9 Å². The first-order valence-electron chi connectivity index (χ1n) is 10.3. The molecule has 0 aliphatic carbocycles. The average molecular weight is 457 g/mol. The average Bonchev–Trinajstić information content (AvgIpc) is 3.30. The fraction of sp³-hybridized carbons (Fsp3) is 0.304. The molecule has 2 aromatic carbocycles. The third kappa shape index (κ3) is 4.01. The summed E-state index contributed by atoms with van der Waals surface area (Å²) in [6.07, 6.45) is 1.61. The molecule has 1 saturated heterocycles. The zero-order valence-corrected chi connectivity index (χ0v) is 18.7. The molecule has 8 nitrogen and oxygen atoms in total. The first-order chi connectivity index (χ1) is 15.2. The second-order valence-electron chi connectivity index (χ2n) is 7.90. The van der Waals surface area contributed by atoms with Crippen LogP contribution in [-0.2, 0) is 16.6 Å². The highest BCUT2D eigenvalue weighted by atomic mass is 32.2. The molecule has 168 valence electrons. The smallest absolute Gasteiger partial charge is 0.336 e. The molecule has 32 heavy (non-hydrogen) atoms. The van der Waals surface area contributed by atoms with Gasteiger partial charge in [-0.25, -0.2) is 13.2 Å². The van der Waals surface area contributed by atoms with Gasteiger partial charge in [-0.1, -0.05) is 12.1 Å². The zero-order chi connectivity index (χ0) is 23.0. The van der Waals surface area contributed by atoms with Crippen molar-refractivity contribution in [1.82, 2.24) is 4.31 Å². The van der Waals surface area contributed by atoms with Gasteiger partial charge >= 0.3 is 5.63 Å². The number of nitrogens with zero attached hydrogens (tertiary/aromatic N) is 1. The molecule has 9 heteroatoms. The number of primary amides is 1. The number of hydrogen-bond acceptors (Lipinski definition) is 6. The lowest BCUT2D eigenvalue weighted by Crippen LogP contribution is -2.28. The van der Waals surface area contributed by atoms with Crippen LogP contribution in [0.2, 0.25) is 0 Å². The van der Waals surface area contributed by atoms with Crippen LogP contribution in [0.15, 0.2) is 50.5 Å². The summed E-state index contributed by atoms with van der Waals surface area (Å²) >= 11 is 0. The van der Waals surface area contributed by atoms with Gasteiger partial charge in [-0.05, 0) is 56.0 Å². The Morgan fingerprint density at radius 3 is 2.53 bits per heavy atom. The summed E-state index contributed by atoms with van der Waals surface area (Å²) in [5.74, 6) is -0.662. The van der Waals surface area contributed by atoms with Crippen LogP contribution in [0.4, 0.5) is 0 Å². The largest absolute Gasteiger partial charge is 0.488 e. The molecule has 1 fully saturated rings.